The molecule has 0 radical (unpaired) electrons. The number of oxazole rings is 1. The van der Waals surface area contributed by atoms with E-state index >= 15 is 0 Å². The molecule has 0 unspecified atom stereocenters. The molecule has 0 spiro atoms. The largest absolute Gasteiger partial charge is 0.440 e. The van der Waals surface area contributed by atoms with Crippen LogP contribution in [0.25, 0.3) is 39.4 Å². The number of carbonyl (C=O) groups excluding carboxylic acids is 1. The number of alkyl halides is 5. The molecule has 0 bridgehead atoms. The predicted octanol–water partition coefficient (Wildman–Crippen LogP) is 7.86. The Labute approximate surface area is 249 Å². The Hall–Kier alpha value is -5.00. The monoisotopic (exact) mass is 610 g/mol. The molecule has 0 aliphatic carbocycles. The van der Waals surface area contributed by atoms with Crippen LogP contribution in [0.15, 0.2) is 77.3 Å². The Bertz CT molecular complexity index is 1840. The Morgan fingerprint density at radius 3 is 2.20 bits per heavy atom. The highest BCUT2D eigenvalue weighted by atomic mass is 19.4. The molecule has 1 amide bonds. The average Bonchev–Trinajstić information content (AvgIpc) is 3.55. The first kappa shape index (κ1) is 30.5. The molecule has 2 N–H and O–H groups in total. The first-order valence-electron chi connectivity index (χ1n) is 13.4. The van der Waals surface area contributed by atoms with Crippen LogP contribution in [0.2, 0.25) is 0 Å². The number of benzene rings is 3. The van der Waals surface area contributed by atoms with Crippen molar-refractivity contribution in [2.75, 3.05) is 0 Å². The normalized spacial score (nSPS) is 12.1. The van der Waals surface area contributed by atoms with Gasteiger partial charge in [0.1, 0.15) is 17.3 Å². The molecule has 2 heterocycles. The summed E-state index contributed by atoms with van der Waals surface area (Å²) in [6, 6.07) is 18.1. The number of hydrogen-bond acceptors (Lipinski definition) is 5. The fourth-order valence-electron chi connectivity index (χ4n) is 4.79. The topological polar surface area (TPSA) is 96.2 Å². The minimum atomic E-state index is -4.67. The van der Waals surface area contributed by atoms with E-state index in [0.29, 0.717) is 33.6 Å². The second-order valence-electron chi connectivity index (χ2n) is 10.7. The van der Waals surface area contributed by atoms with Gasteiger partial charge in [0.2, 0.25) is 5.91 Å². The van der Waals surface area contributed by atoms with E-state index in [1.807, 2.05) is 12.1 Å². The number of halogens is 5. The summed E-state index contributed by atoms with van der Waals surface area (Å²) in [5.74, 6) is 0.0580. The van der Waals surface area contributed by atoms with Gasteiger partial charge < -0.3 is 19.5 Å². The lowest BCUT2D eigenvalue weighted by molar-refractivity contribution is -0.141. The van der Waals surface area contributed by atoms with Crippen LogP contribution in [0.3, 0.4) is 0 Å². The van der Waals surface area contributed by atoms with Gasteiger partial charge in [-0.3, -0.25) is 4.79 Å². The van der Waals surface area contributed by atoms with E-state index < -0.39 is 29.8 Å². The quantitative estimate of drug-likeness (QED) is 0.181. The second-order valence-corrected chi connectivity index (χ2v) is 10.7. The summed E-state index contributed by atoms with van der Waals surface area (Å²) in [4.78, 5) is 20.4. The van der Waals surface area contributed by atoms with Crippen molar-refractivity contribution in [2.45, 2.75) is 45.9 Å². The lowest BCUT2D eigenvalue weighted by atomic mass is 9.82. The number of primary amides is 1. The first-order valence-corrected chi connectivity index (χ1v) is 13.4. The molecule has 3 aromatic carbocycles. The van der Waals surface area contributed by atoms with Crippen LogP contribution in [0, 0.1) is 13.8 Å². The maximum absolute atomic E-state index is 13.6. The predicted molar refractivity (Wildman–Crippen MR) is 153 cm³/mol. The zero-order valence-corrected chi connectivity index (χ0v) is 24.0. The molecule has 5 rings (SSSR count). The van der Waals surface area contributed by atoms with Crippen LogP contribution in [0.4, 0.5) is 22.0 Å². The second kappa shape index (κ2) is 11.3. The van der Waals surface area contributed by atoms with Crippen molar-refractivity contribution < 1.29 is 35.9 Å². The van der Waals surface area contributed by atoms with E-state index in [2.05, 4.69) is 14.7 Å². The number of aryl methyl sites for hydroxylation is 2. The van der Waals surface area contributed by atoms with E-state index in [4.69, 9.17) is 10.2 Å². The van der Waals surface area contributed by atoms with E-state index in [1.165, 1.54) is 35.8 Å². The van der Waals surface area contributed by atoms with Gasteiger partial charge >= 0.3 is 12.8 Å². The van der Waals surface area contributed by atoms with Gasteiger partial charge in [0, 0.05) is 24.2 Å². The summed E-state index contributed by atoms with van der Waals surface area (Å²) >= 11 is 0. The standard InChI is InChI=1S/C32H27F5N4O3/c1-17-39-26(32(35,36)37)16-41(17)25-13-10-21(20-6-5-7-22(14-20)31(3,4)29(38)42)15-24(25)27-28(43-18(2)40-27)19-8-11-23(12-9-19)44-30(33)34/h5-16,30H,1-4H3,(H2,38,42). The third kappa shape index (κ3) is 5.92. The molecule has 12 heteroatoms. The Kier molecular flexibility index (Phi) is 7.79. The van der Waals surface area contributed by atoms with Gasteiger partial charge in [-0.1, -0.05) is 30.3 Å². The molecular formula is C32H27F5N4O3. The Morgan fingerprint density at radius 2 is 1.59 bits per heavy atom. The minimum Gasteiger partial charge on any atom is -0.440 e. The van der Waals surface area contributed by atoms with Crippen molar-refractivity contribution in [3.8, 4) is 45.1 Å². The third-order valence-electron chi connectivity index (χ3n) is 7.29. The van der Waals surface area contributed by atoms with Gasteiger partial charge in [0.25, 0.3) is 0 Å². The number of imidazole rings is 1. The summed E-state index contributed by atoms with van der Waals surface area (Å²) in [5, 5.41) is 0. The van der Waals surface area contributed by atoms with Crippen molar-refractivity contribution in [1.82, 2.24) is 14.5 Å². The molecule has 0 saturated heterocycles. The molecule has 0 aliphatic heterocycles. The highest BCUT2D eigenvalue weighted by Gasteiger charge is 2.35. The van der Waals surface area contributed by atoms with Gasteiger partial charge in [-0.2, -0.15) is 22.0 Å². The molecule has 7 nitrogen and oxygen atoms in total. The van der Waals surface area contributed by atoms with Crippen LogP contribution in [0.1, 0.15) is 36.8 Å². The van der Waals surface area contributed by atoms with Gasteiger partial charge in [0.15, 0.2) is 17.3 Å². The van der Waals surface area contributed by atoms with Crippen LogP contribution in [0.5, 0.6) is 5.75 Å². The van der Waals surface area contributed by atoms with Crippen molar-refractivity contribution in [1.29, 1.82) is 0 Å². The SMILES string of the molecule is Cc1nc(-c2cc(-c3cccc(C(C)(C)C(N)=O)c3)ccc2-n2cc(C(F)(F)F)nc2C)c(-c2ccc(OC(F)F)cc2)o1. The first-order chi connectivity index (χ1) is 20.6. The zero-order valence-electron chi connectivity index (χ0n) is 24.0. The number of rotatable bonds is 8. The number of carbonyl (C=O) groups is 1. The number of nitrogens with two attached hydrogens (primary N) is 1. The number of aromatic nitrogens is 3. The fraction of sp³-hybridized carbons (Fsp3) is 0.219. The molecule has 0 aliphatic rings. The number of amides is 1. The van der Waals surface area contributed by atoms with Crippen molar-refractivity contribution >= 4 is 5.91 Å². The van der Waals surface area contributed by atoms with Crippen LogP contribution in [-0.4, -0.2) is 27.1 Å². The molecule has 44 heavy (non-hydrogen) atoms. The van der Waals surface area contributed by atoms with Crippen molar-refractivity contribution in [3.05, 3.63) is 95.9 Å². The summed E-state index contributed by atoms with van der Waals surface area (Å²) in [6.45, 7) is 3.50. The van der Waals surface area contributed by atoms with E-state index in [-0.39, 0.29) is 23.2 Å². The number of ether oxygens (including phenoxy) is 1. The highest BCUT2D eigenvalue weighted by molar-refractivity contribution is 5.87. The maximum atomic E-state index is 13.6. The lowest BCUT2D eigenvalue weighted by Crippen LogP contribution is -2.35. The van der Waals surface area contributed by atoms with E-state index in [0.717, 1.165) is 11.8 Å². The van der Waals surface area contributed by atoms with Crippen molar-refractivity contribution in [2.24, 2.45) is 5.73 Å². The summed E-state index contributed by atoms with van der Waals surface area (Å²) in [5.41, 5.74) is 7.22. The third-order valence-corrected chi connectivity index (χ3v) is 7.29. The average molecular weight is 611 g/mol. The highest BCUT2D eigenvalue weighted by Crippen LogP contribution is 2.40. The number of hydrogen-bond donors (Lipinski definition) is 1. The Balaban J connectivity index is 1.72. The molecule has 2 aromatic heterocycles. The molecule has 5 aromatic rings. The smallest absolute Gasteiger partial charge is 0.434 e. The van der Waals surface area contributed by atoms with E-state index in [9.17, 15) is 26.7 Å². The van der Waals surface area contributed by atoms with Crippen molar-refractivity contribution in [3.63, 3.8) is 0 Å². The van der Waals surface area contributed by atoms with E-state index in [1.54, 1.807) is 51.1 Å². The molecule has 0 fully saturated rings. The van der Waals surface area contributed by atoms with Gasteiger partial charge in [-0.25, -0.2) is 9.97 Å². The van der Waals surface area contributed by atoms with Gasteiger partial charge in [-0.05, 0) is 73.9 Å². The molecule has 0 saturated carbocycles. The summed E-state index contributed by atoms with van der Waals surface area (Å²) in [6.07, 6.45) is -3.76. The maximum Gasteiger partial charge on any atom is 0.434 e. The summed E-state index contributed by atoms with van der Waals surface area (Å²) < 4.78 is 77.9. The fourth-order valence-corrected chi connectivity index (χ4v) is 4.79. The van der Waals surface area contributed by atoms with Gasteiger partial charge in [0.05, 0.1) is 11.1 Å². The minimum absolute atomic E-state index is 0.0586. The van der Waals surface area contributed by atoms with Gasteiger partial charge in [-0.15, -0.1) is 0 Å². The van der Waals surface area contributed by atoms with Crippen LogP contribution in [-0.2, 0) is 16.4 Å². The molecule has 0 atom stereocenters. The summed E-state index contributed by atoms with van der Waals surface area (Å²) in [7, 11) is 0. The number of nitrogens with zero attached hydrogens (tertiary/aromatic N) is 3. The van der Waals surface area contributed by atoms with Crippen LogP contribution >= 0.6 is 0 Å². The van der Waals surface area contributed by atoms with Crippen LogP contribution < -0.4 is 10.5 Å². The Morgan fingerprint density at radius 1 is 0.932 bits per heavy atom. The lowest BCUT2D eigenvalue weighted by Gasteiger charge is -2.22. The molecule has 228 valence electrons. The molecular weight excluding hydrogens is 583 g/mol. The zero-order chi connectivity index (χ0) is 32.0.